The van der Waals surface area contributed by atoms with Crippen molar-refractivity contribution in [3.05, 3.63) is 42.1 Å². The molecular formula is C42H53ClN6O10. The molecule has 4 aliphatic rings. The first-order valence-corrected chi connectivity index (χ1v) is 20.5. The number of carboxylic acids is 1. The fourth-order valence-electron chi connectivity index (χ4n) is 8.24. The van der Waals surface area contributed by atoms with E-state index in [2.05, 4.69) is 27.5 Å². The second-order valence-electron chi connectivity index (χ2n) is 17.4. The number of benzene rings is 1. The Morgan fingerprint density at radius 3 is 2.46 bits per heavy atom. The van der Waals surface area contributed by atoms with E-state index in [0.29, 0.717) is 58.2 Å². The van der Waals surface area contributed by atoms with Crippen LogP contribution in [0.1, 0.15) is 66.7 Å². The summed E-state index contributed by atoms with van der Waals surface area (Å²) in [7, 11) is 1.57. The SMILES string of the molecule is C=C[C@@H]1C[C@]1(NC(=O)[C@@H]1C[C@@H](Oc2cc(-c3coc(NC(C)C)n3)nc3c(Cl)c(OCCOC)ccc23)CN1C(=O)[C@@H](NC(=O)OC1CC2C[C@H]2C1)C(C)(C)C)C(=O)O. The Hall–Kier alpha value is -5.09. The van der Waals surface area contributed by atoms with Gasteiger partial charge in [0.15, 0.2) is 0 Å². The quantitative estimate of drug-likeness (QED) is 0.0994. The summed E-state index contributed by atoms with van der Waals surface area (Å²) in [4.78, 5) is 65.4. The highest BCUT2D eigenvalue weighted by atomic mass is 35.5. The van der Waals surface area contributed by atoms with Gasteiger partial charge in [-0.1, -0.05) is 38.4 Å². The number of carbonyl (C=O) groups excluding carboxylic acids is 3. The number of nitrogens with zero attached hydrogens (tertiary/aromatic N) is 3. The summed E-state index contributed by atoms with van der Waals surface area (Å²) >= 11 is 6.92. The molecule has 0 radical (unpaired) electrons. The number of fused-ring (bicyclic) bond motifs is 2. The van der Waals surface area contributed by atoms with E-state index in [1.165, 1.54) is 17.2 Å². The lowest BCUT2D eigenvalue weighted by atomic mass is 9.85. The fraction of sp³-hybridized carbons (Fsp3) is 0.571. The van der Waals surface area contributed by atoms with Gasteiger partial charge in [0.05, 0.1) is 24.4 Å². The number of carboxylic acid groups (broad SMARTS) is 1. The van der Waals surface area contributed by atoms with Crippen molar-refractivity contribution in [2.45, 2.75) is 103 Å². The molecule has 59 heavy (non-hydrogen) atoms. The summed E-state index contributed by atoms with van der Waals surface area (Å²) in [6.45, 7) is 13.6. The number of aromatic nitrogens is 2. The van der Waals surface area contributed by atoms with Crippen LogP contribution < -0.4 is 25.4 Å². The number of amides is 3. The van der Waals surface area contributed by atoms with Crippen molar-refractivity contribution in [1.82, 2.24) is 25.5 Å². The third-order valence-electron chi connectivity index (χ3n) is 11.6. The van der Waals surface area contributed by atoms with Gasteiger partial charge in [0, 0.05) is 36.9 Å². The lowest BCUT2D eigenvalue weighted by molar-refractivity contribution is -0.146. The number of methoxy groups -OCH3 is 1. The van der Waals surface area contributed by atoms with E-state index < -0.39 is 58.9 Å². The van der Waals surface area contributed by atoms with E-state index >= 15 is 0 Å². The van der Waals surface area contributed by atoms with Gasteiger partial charge in [-0.3, -0.25) is 9.59 Å². The van der Waals surface area contributed by atoms with Crippen molar-refractivity contribution in [3.8, 4) is 22.9 Å². The number of rotatable bonds is 16. The van der Waals surface area contributed by atoms with Gasteiger partial charge >= 0.3 is 12.1 Å². The first kappa shape index (κ1) is 42.0. The van der Waals surface area contributed by atoms with Gasteiger partial charge in [-0.15, -0.1) is 6.58 Å². The maximum atomic E-state index is 14.7. The first-order chi connectivity index (χ1) is 28.0. The zero-order valence-corrected chi connectivity index (χ0v) is 35.0. The number of ether oxygens (including phenoxy) is 4. The number of pyridine rings is 1. The smallest absolute Gasteiger partial charge is 0.408 e. The second kappa shape index (κ2) is 16.5. The molecule has 8 atom stereocenters. The molecule has 0 spiro atoms. The Balaban J connectivity index is 1.21. The molecule has 318 valence electrons. The molecule has 17 heteroatoms. The standard InChI is InChI=1S/C42H53ClN6O10/c1-8-24-18-42(24,38(52)53)48-36(50)30-16-26(19-49(30)37(51)35(41(4,5)6)47-40(54)59-25-14-22-13-23(22)15-25)58-32-17-28(29-20-57-39(46-29)44-21(2)3)45-34-27(32)9-10-31(33(34)43)56-12-11-55-7/h8-10,17,20-26,30,35H,1,11-16,18-19H2,2-7H3,(H,44,46)(H,47,54)(H,48,50)(H,52,53)/t22-,23?,24+,25?,26+,30-,35+,42+/m0/s1. The largest absolute Gasteiger partial charge is 0.490 e. The zero-order chi connectivity index (χ0) is 42.4. The van der Waals surface area contributed by atoms with Crippen molar-refractivity contribution in [2.24, 2.45) is 23.2 Å². The molecule has 1 aromatic carbocycles. The lowest BCUT2D eigenvalue weighted by Crippen LogP contribution is -2.59. The minimum atomic E-state index is -1.54. The summed E-state index contributed by atoms with van der Waals surface area (Å²) in [5.41, 5.74) is -1.25. The van der Waals surface area contributed by atoms with Crippen LogP contribution >= 0.6 is 11.6 Å². The number of alkyl carbamates (subject to hydrolysis) is 1. The van der Waals surface area contributed by atoms with Gasteiger partial charge in [-0.25, -0.2) is 14.6 Å². The molecule has 2 unspecified atom stereocenters. The second-order valence-corrected chi connectivity index (χ2v) is 17.8. The number of halogens is 1. The Bertz CT molecular complexity index is 2110. The van der Waals surface area contributed by atoms with Gasteiger partial charge in [-0.2, -0.15) is 4.98 Å². The van der Waals surface area contributed by atoms with Gasteiger partial charge in [-0.05, 0) is 68.9 Å². The van der Waals surface area contributed by atoms with Crippen molar-refractivity contribution in [1.29, 1.82) is 0 Å². The van der Waals surface area contributed by atoms with Crippen LogP contribution in [0.5, 0.6) is 11.5 Å². The van der Waals surface area contributed by atoms with Crippen LogP contribution in [0.25, 0.3) is 22.3 Å². The molecule has 3 saturated carbocycles. The molecule has 1 saturated heterocycles. The molecule has 3 aliphatic carbocycles. The van der Waals surface area contributed by atoms with Crippen LogP contribution in [0.3, 0.4) is 0 Å². The lowest BCUT2D eigenvalue weighted by Gasteiger charge is -2.35. The molecule has 7 rings (SSSR count). The third kappa shape index (κ3) is 8.93. The number of nitrogens with one attached hydrogen (secondary N) is 3. The summed E-state index contributed by atoms with van der Waals surface area (Å²) < 4.78 is 29.1. The molecule has 3 amide bonds. The number of hydrogen-bond acceptors (Lipinski definition) is 12. The van der Waals surface area contributed by atoms with Crippen LogP contribution in [-0.4, -0.2) is 107 Å². The minimum Gasteiger partial charge on any atom is -0.490 e. The Morgan fingerprint density at radius 2 is 1.81 bits per heavy atom. The van der Waals surface area contributed by atoms with Crippen LogP contribution in [0, 0.1) is 23.2 Å². The monoisotopic (exact) mass is 836 g/mol. The Kier molecular flexibility index (Phi) is 11.8. The average Bonchev–Trinajstić information content (AvgIpc) is 3.84. The highest BCUT2D eigenvalue weighted by molar-refractivity contribution is 6.36. The highest BCUT2D eigenvalue weighted by Gasteiger charge is 2.61. The number of aliphatic carboxylic acids is 1. The van der Waals surface area contributed by atoms with E-state index in [1.807, 2.05) is 34.6 Å². The number of likely N-dealkylation sites (tertiary alicyclic amines) is 1. The Morgan fingerprint density at radius 1 is 1.07 bits per heavy atom. The van der Waals surface area contributed by atoms with Crippen LogP contribution in [0.4, 0.5) is 10.8 Å². The van der Waals surface area contributed by atoms with Crippen LogP contribution in [0.15, 0.2) is 41.5 Å². The summed E-state index contributed by atoms with van der Waals surface area (Å²) in [5, 5.41) is 19.5. The molecular weight excluding hydrogens is 784 g/mol. The Labute approximate surface area is 347 Å². The van der Waals surface area contributed by atoms with Crippen LogP contribution in [0.2, 0.25) is 5.02 Å². The van der Waals surface area contributed by atoms with Crippen molar-refractivity contribution in [2.75, 3.05) is 32.2 Å². The third-order valence-corrected chi connectivity index (χ3v) is 12.0. The van der Waals surface area contributed by atoms with E-state index in [9.17, 15) is 24.3 Å². The number of anilines is 1. The van der Waals surface area contributed by atoms with Gasteiger partial charge in [0.1, 0.15) is 64.9 Å². The molecule has 4 fully saturated rings. The van der Waals surface area contributed by atoms with Gasteiger partial charge in [0.25, 0.3) is 6.01 Å². The van der Waals surface area contributed by atoms with Gasteiger partial charge in [0.2, 0.25) is 11.8 Å². The number of carbonyl (C=O) groups is 4. The normalized spacial score (nSPS) is 26.2. The summed E-state index contributed by atoms with van der Waals surface area (Å²) in [6.07, 6.45) is 4.20. The molecule has 2 aromatic heterocycles. The van der Waals surface area contributed by atoms with Gasteiger partial charge < -0.3 is 49.3 Å². The molecule has 16 nitrogen and oxygen atoms in total. The summed E-state index contributed by atoms with van der Waals surface area (Å²) in [5.74, 6) is -0.997. The van der Waals surface area contributed by atoms with E-state index in [0.717, 1.165) is 19.3 Å². The predicted molar refractivity (Wildman–Crippen MR) is 217 cm³/mol. The summed E-state index contributed by atoms with van der Waals surface area (Å²) in [6, 6.07) is 3.22. The van der Waals surface area contributed by atoms with E-state index in [1.54, 1.807) is 25.3 Å². The van der Waals surface area contributed by atoms with E-state index in [4.69, 9.17) is 39.9 Å². The molecule has 4 N–H and O–H groups in total. The average molecular weight is 837 g/mol. The molecule has 1 aliphatic heterocycles. The number of oxazole rings is 1. The van der Waals surface area contributed by atoms with Crippen molar-refractivity contribution < 1.29 is 47.6 Å². The fourth-order valence-corrected chi connectivity index (χ4v) is 8.50. The van der Waals surface area contributed by atoms with Crippen LogP contribution in [-0.2, 0) is 23.9 Å². The minimum absolute atomic E-state index is 0.00427. The van der Waals surface area contributed by atoms with Crippen molar-refractivity contribution in [3.63, 3.8) is 0 Å². The maximum absolute atomic E-state index is 14.7. The first-order valence-electron chi connectivity index (χ1n) is 20.1. The van der Waals surface area contributed by atoms with E-state index in [-0.39, 0.29) is 43.2 Å². The molecule has 0 bridgehead atoms. The highest BCUT2D eigenvalue weighted by Crippen LogP contribution is 2.52. The predicted octanol–water partition coefficient (Wildman–Crippen LogP) is 5.82. The molecule has 3 aromatic rings. The number of hydrogen-bond donors (Lipinski definition) is 4. The topological polar surface area (TPSA) is 204 Å². The van der Waals surface area contributed by atoms with Crippen molar-refractivity contribution >= 4 is 52.4 Å². The zero-order valence-electron chi connectivity index (χ0n) is 34.2. The maximum Gasteiger partial charge on any atom is 0.408 e. The molecule has 3 heterocycles.